The molecule has 0 aliphatic heterocycles. The maximum absolute atomic E-state index is 7.10. The van der Waals surface area contributed by atoms with Gasteiger partial charge in [0, 0.05) is 0 Å². The molecule has 30 heavy (non-hydrogen) atoms. The summed E-state index contributed by atoms with van der Waals surface area (Å²) in [6.45, 7) is 0. The molecule has 0 spiro atoms. The first-order valence-corrected chi connectivity index (χ1v) is 12.0. The molecule has 5 rings (SSSR count). The highest BCUT2D eigenvalue weighted by Crippen LogP contribution is 2.23. The fourth-order valence-corrected chi connectivity index (χ4v) is 7.86. The summed E-state index contributed by atoms with van der Waals surface area (Å²) in [5.74, 6) is 0.886. The molecular formula is C28H21OSi. The van der Waals surface area contributed by atoms with Crippen LogP contribution in [-0.4, -0.2) is 8.32 Å². The Hall–Kier alpha value is -3.62. The average Bonchev–Trinajstić information content (AvgIpc) is 2.84. The molecule has 0 aliphatic carbocycles. The van der Waals surface area contributed by atoms with Crippen LogP contribution < -0.4 is 20.0 Å². The zero-order chi connectivity index (χ0) is 20.2. The van der Waals surface area contributed by atoms with Gasteiger partial charge in [-0.25, -0.2) is 0 Å². The van der Waals surface area contributed by atoms with Crippen molar-refractivity contribution in [3.05, 3.63) is 133 Å². The van der Waals surface area contributed by atoms with Gasteiger partial charge in [0.15, 0.2) is 0 Å². The molecule has 2 heteroatoms. The average molecular weight is 402 g/mol. The highest BCUT2D eigenvalue weighted by atomic mass is 28.4. The quantitative estimate of drug-likeness (QED) is 0.307. The Balaban J connectivity index is 1.76. The van der Waals surface area contributed by atoms with Crippen LogP contribution in [0.15, 0.2) is 127 Å². The van der Waals surface area contributed by atoms with E-state index >= 15 is 0 Å². The molecule has 0 unspecified atom stereocenters. The van der Waals surface area contributed by atoms with Crippen molar-refractivity contribution in [2.45, 2.75) is 0 Å². The van der Waals surface area contributed by atoms with E-state index in [1.165, 1.54) is 15.6 Å². The van der Waals surface area contributed by atoms with Crippen molar-refractivity contribution in [2.75, 3.05) is 0 Å². The van der Waals surface area contributed by atoms with Crippen molar-refractivity contribution in [3.63, 3.8) is 0 Å². The molecule has 0 heterocycles. The number of rotatable bonds is 5. The van der Waals surface area contributed by atoms with Crippen LogP contribution in [0.3, 0.4) is 0 Å². The lowest BCUT2D eigenvalue weighted by molar-refractivity contribution is 0.578. The lowest BCUT2D eigenvalue weighted by atomic mass is 10.1. The van der Waals surface area contributed by atoms with Crippen LogP contribution in [0, 0.1) is 6.07 Å². The zero-order valence-electron chi connectivity index (χ0n) is 16.5. The Morgan fingerprint density at radius 2 is 1.07 bits per heavy atom. The normalized spacial score (nSPS) is 11.3. The predicted octanol–water partition coefficient (Wildman–Crippen LogP) is 4.69. The van der Waals surface area contributed by atoms with Crippen LogP contribution in [0.25, 0.3) is 10.8 Å². The number of hydrogen-bond donors (Lipinski definition) is 0. The van der Waals surface area contributed by atoms with E-state index in [2.05, 4.69) is 121 Å². The van der Waals surface area contributed by atoms with E-state index in [1.54, 1.807) is 0 Å². The molecule has 0 saturated carbocycles. The Labute approximate surface area is 178 Å². The van der Waals surface area contributed by atoms with Crippen molar-refractivity contribution >= 4 is 34.7 Å². The van der Waals surface area contributed by atoms with E-state index in [4.69, 9.17) is 4.43 Å². The van der Waals surface area contributed by atoms with Crippen LogP contribution in [0.5, 0.6) is 5.75 Å². The molecule has 0 saturated heterocycles. The molecule has 0 aliphatic rings. The second-order valence-corrected chi connectivity index (χ2v) is 10.6. The summed E-state index contributed by atoms with van der Waals surface area (Å²) in [4.78, 5) is 0. The van der Waals surface area contributed by atoms with Gasteiger partial charge in [-0.3, -0.25) is 0 Å². The van der Waals surface area contributed by atoms with Gasteiger partial charge < -0.3 is 4.43 Å². The Morgan fingerprint density at radius 1 is 0.533 bits per heavy atom. The Kier molecular flexibility index (Phi) is 4.92. The third-order valence-corrected chi connectivity index (χ3v) is 9.45. The lowest BCUT2D eigenvalue weighted by Gasteiger charge is -2.33. The van der Waals surface area contributed by atoms with Crippen LogP contribution in [0.1, 0.15) is 0 Å². The fraction of sp³-hybridized carbons (Fsp3) is 0. The van der Waals surface area contributed by atoms with E-state index < -0.39 is 8.32 Å². The first-order chi connectivity index (χ1) is 14.9. The Morgan fingerprint density at radius 3 is 1.60 bits per heavy atom. The van der Waals surface area contributed by atoms with Gasteiger partial charge >= 0.3 is 8.32 Å². The van der Waals surface area contributed by atoms with Gasteiger partial charge in [-0.2, -0.15) is 0 Å². The second kappa shape index (κ2) is 8.01. The number of fused-ring (bicyclic) bond motifs is 1. The summed E-state index contributed by atoms with van der Waals surface area (Å²) >= 11 is 0. The minimum atomic E-state index is -2.76. The van der Waals surface area contributed by atoms with Gasteiger partial charge in [-0.15, -0.1) is 0 Å². The smallest absolute Gasteiger partial charge is 0.346 e. The van der Waals surface area contributed by atoms with E-state index in [0.29, 0.717) is 0 Å². The third-order valence-electron chi connectivity index (χ3n) is 5.47. The highest BCUT2D eigenvalue weighted by Gasteiger charge is 2.43. The van der Waals surface area contributed by atoms with Crippen molar-refractivity contribution < 1.29 is 4.43 Å². The maximum Gasteiger partial charge on any atom is 0.346 e. The molecule has 143 valence electrons. The number of hydrogen-bond acceptors (Lipinski definition) is 1. The lowest BCUT2D eigenvalue weighted by Crippen LogP contribution is -2.71. The van der Waals surface area contributed by atoms with E-state index in [0.717, 1.165) is 16.5 Å². The summed E-state index contributed by atoms with van der Waals surface area (Å²) in [5, 5.41) is 6.00. The maximum atomic E-state index is 7.10. The molecule has 1 nitrogen and oxygen atoms in total. The predicted molar refractivity (Wildman–Crippen MR) is 127 cm³/mol. The van der Waals surface area contributed by atoms with Gasteiger partial charge in [0.2, 0.25) is 0 Å². The third kappa shape index (κ3) is 3.32. The molecule has 0 atom stereocenters. The summed E-state index contributed by atoms with van der Waals surface area (Å²) in [7, 11) is -2.76. The van der Waals surface area contributed by atoms with Crippen LogP contribution in [0.4, 0.5) is 0 Å². The molecular weight excluding hydrogens is 380 g/mol. The van der Waals surface area contributed by atoms with Crippen LogP contribution >= 0.6 is 0 Å². The highest BCUT2D eigenvalue weighted by molar-refractivity contribution is 7.07. The molecule has 0 fully saturated rings. The Bertz CT molecular complexity index is 1150. The number of benzene rings is 5. The van der Waals surface area contributed by atoms with Crippen molar-refractivity contribution in [2.24, 2.45) is 0 Å². The molecule has 5 aromatic rings. The molecule has 0 amide bonds. The van der Waals surface area contributed by atoms with Crippen molar-refractivity contribution in [3.8, 4) is 5.75 Å². The van der Waals surface area contributed by atoms with Crippen LogP contribution in [0.2, 0.25) is 0 Å². The molecule has 5 aromatic carbocycles. The molecule has 1 radical (unpaired) electrons. The zero-order valence-corrected chi connectivity index (χ0v) is 17.5. The largest absolute Gasteiger partial charge is 0.530 e. The van der Waals surface area contributed by atoms with Gasteiger partial charge in [-0.05, 0) is 50.6 Å². The monoisotopic (exact) mass is 401 g/mol. The summed E-state index contributed by atoms with van der Waals surface area (Å²) in [6, 6.07) is 47.5. The van der Waals surface area contributed by atoms with Gasteiger partial charge in [0.25, 0.3) is 0 Å². The summed E-state index contributed by atoms with van der Waals surface area (Å²) in [5.41, 5.74) is 0. The van der Waals surface area contributed by atoms with Crippen molar-refractivity contribution in [1.29, 1.82) is 0 Å². The van der Waals surface area contributed by atoms with E-state index in [-0.39, 0.29) is 0 Å². The first kappa shape index (κ1) is 18.4. The van der Waals surface area contributed by atoms with Gasteiger partial charge in [-0.1, -0.05) is 109 Å². The first-order valence-electron chi connectivity index (χ1n) is 10.1. The minimum Gasteiger partial charge on any atom is -0.530 e. The minimum absolute atomic E-state index is 0.886. The fourth-order valence-electron chi connectivity index (χ4n) is 4.04. The van der Waals surface area contributed by atoms with Crippen LogP contribution in [-0.2, 0) is 0 Å². The van der Waals surface area contributed by atoms with Crippen molar-refractivity contribution in [1.82, 2.24) is 0 Å². The standard InChI is InChI=1S/C28H21OSi/c1-4-14-26(15-5-1)30(27-16-6-2-7-17-27,28-18-8-3-9-19-28)29-25-21-20-23-12-10-11-13-24(23)22-25/h1-9,11-22H. The van der Waals surface area contributed by atoms with Gasteiger partial charge in [0.1, 0.15) is 5.75 Å². The van der Waals surface area contributed by atoms with E-state index in [9.17, 15) is 0 Å². The second-order valence-electron chi connectivity index (χ2n) is 7.32. The SMILES string of the molecule is [c]1ccc2cc(O[Si](c3ccccc3)(c3ccccc3)c3ccccc3)ccc2c1. The molecule has 0 aromatic heterocycles. The molecule has 0 bridgehead atoms. The van der Waals surface area contributed by atoms with E-state index in [1.807, 2.05) is 12.1 Å². The topological polar surface area (TPSA) is 9.23 Å². The summed E-state index contributed by atoms with van der Waals surface area (Å²) < 4.78 is 7.10. The molecule has 0 N–H and O–H groups in total. The van der Waals surface area contributed by atoms with Gasteiger partial charge in [0.05, 0.1) is 0 Å². The summed E-state index contributed by atoms with van der Waals surface area (Å²) in [6.07, 6.45) is 0.